The van der Waals surface area contributed by atoms with Crippen molar-refractivity contribution in [3.8, 4) is 0 Å². The monoisotopic (exact) mass is 351 g/mol. The van der Waals surface area contributed by atoms with Gasteiger partial charge in [-0.2, -0.15) is 0 Å². The van der Waals surface area contributed by atoms with Crippen LogP contribution in [0, 0.1) is 6.92 Å². The van der Waals surface area contributed by atoms with Crippen molar-refractivity contribution in [1.29, 1.82) is 0 Å². The summed E-state index contributed by atoms with van der Waals surface area (Å²) in [7, 11) is 0. The summed E-state index contributed by atoms with van der Waals surface area (Å²) >= 11 is 0. The number of hydrogen-bond acceptors (Lipinski definition) is 5. The molecule has 25 heavy (non-hydrogen) atoms. The minimum Gasteiger partial charge on any atom is -0.465 e. The van der Waals surface area contributed by atoms with Gasteiger partial charge in [0.1, 0.15) is 11.5 Å². The van der Waals surface area contributed by atoms with Crippen LogP contribution in [0.4, 0.5) is 0 Å². The minimum atomic E-state index is -0.467. The lowest BCUT2D eigenvalue weighted by atomic mass is 10.1. The molecule has 2 rings (SSSR count). The van der Waals surface area contributed by atoms with E-state index in [0.717, 1.165) is 17.9 Å². The first-order chi connectivity index (χ1) is 12.0. The van der Waals surface area contributed by atoms with Crippen molar-refractivity contribution in [3.05, 3.63) is 23.7 Å². The molecule has 0 aromatic carbocycles. The Morgan fingerprint density at radius 1 is 1.48 bits per heavy atom. The molecule has 1 aromatic rings. The van der Waals surface area contributed by atoms with Crippen LogP contribution in [0.25, 0.3) is 0 Å². The maximum absolute atomic E-state index is 12.2. The van der Waals surface area contributed by atoms with Gasteiger partial charge in [0.15, 0.2) is 0 Å². The molecule has 7 nitrogen and oxygen atoms in total. The number of furan rings is 1. The highest BCUT2D eigenvalue weighted by molar-refractivity contribution is 5.88. The van der Waals surface area contributed by atoms with Crippen LogP contribution in [-0.4, -0.2) is 55.1 Å². The molecule has 1 aliphatic rings. The SMILES string of the molecule is Cc1ccc(CN2CCNC(=O)[C@H]2CC(=O)NCCCOC(C)C)o1. The third-order valence-electron chi connectivity index (χ3n) is 4.07. The van der Waals surface area contributed by atoms with E-state index in [1.165, 1.54) is 0 Å². The normalized spacial score (nSPS) is 18.4. The Labute approximate surface area is 149 Å². The molecule has 2 N–H and O–H groups in total. The van der Waals surface area contributed by atoms with Crippen molar-refractivity contribution in [1.82, 2.24) is 15.5 Å². The van der Waals surface area contributed by atoms with Crippen molar-refractivity contribution in [2.24, 2.45) is 0 Å². The summed E-state index contributed by atoms with van der Waals surface area (Å²) in [5, 5.41) is 5.70. The second-order valence-electron chi connectivity index (χ2n) is 6.62. The molecule has 0 unspecified atom stereocenters. The summed E-state index contributed by atoms with van der Waals surface area (Å²) in [5.41, 5.74) is 0. The average molecular weight is 351 g/mol. The van der Waals surface area contributed by atoms with E-state index in [4.69, 9.17) is 9.15 Å². The second-order valence-corrected chi connectivity index (χ2v) is 6.62. The number of nitrogens with zero attached hydrogens (tertiary/aromatic N) is 1. The van der Waals surface area contributed by atoms with Crippen LogP contribution in [0.3, 0.4) is 0 Å². The maximum Gasteiger partial charge on any atom is 0.237 e. The number of amides is 2. The number of piperazine rings is 1. The Kier molecular flexibility index (Phi) is 7.46. The molecule has 0 spiro atoms. The zero-order valence-corrected chi connectivity index (χ0v) is 15.3. The molecule has 1 aliphatic heterocycles. The molecular weight excluding hydrogens is 322 g/mol. The summed E-state index contributed by atoms with van der Waals surface area (Å²) in [6.45, 7) is 8.84. The Balaban J connectivity index is 1.81. The number of carbonyl (C=O) groups is 2. The van der Waals surface area contributed by atoms with E-state index in [1.807, 2.05) is 37.8 Å². The van der Waals surface area contributed by atoms with Crippen LogP contribution >= 0.6 is 0 Å². The predicted molar refractivity (Wildman–Crippen MR) is 94.0 cm³/mol. The predicted octanol–water partition coefficient (Wildman–Crippen LogP) is 1.21. The minimum absolute atomic E-state index is 0.104. The number of aryl methyl sites for hydroxylation is 1. The van der Waals surface area contributed by atoms with Crippen molar-refractivity contribution >= 4 is 11.8 Å². The molecule has 1 fully saturated rings. The van der Waals surface area contributed by atoms with Crippen LogP contribution in [-0.2, 0) is 20.9 Å². The van der Waals surface area contributed by atoms with E-state index in [-0.39, 0.29) is 24.3 Å². The largest absolute Gasteiger partial charge is 0.465 e. The highest BCUT2D eigenvalue weighted by Crippen LogP contribution is 2.15. The smallest absolute Gasteiger partial charge is 0.237 e. The average Bonchev–Trinajstić information content (AvgIpc) is 2.95. The highest BCUT2D eigenvalue weighted by Gasteiger charge is 2.32. The maximum atomic E-state index is 12.2. The Morgan fingerprint density at radius 3 is 2.96 bits per heavy atom. The van der Waals surface area contributed by atoms with Gasteiger partial charge in [0.25, 0.3) is 0 Å². The third-order valence-corrected chi connectivity index (χ3v) is 4.07. The standard InChI is InChI=1S/C18H29N3O4/c1-13(2)24-10-4-7-19-17(22)11-16-18(23)20-8-9-21(16)12-15-6-5-14(3)25-15/h5-6,13,16H,4,7-12H2,1-3H3,(H,19,22)(H,20,23)/t16-/m1/s1. The van der Waals surface area contributed by atoms with E-state index in [1.54, 1.807) is 0 Å². The van der Waals surface area contributed by atoms with Gasteiger partial charge < -0.3 is 19.8 Å². The summed E-state index contributed by atoms with van der Waals surface area (Å²) in [5.74, 6) is 1.43. The van der Waals surface area contributed by atoms with Gasteiger partial charge in [0.2, 0.25) is 11.8 Å². The van der Waals surface area contributed by atoms with Crippen molar-refractivity contribution < 1.29 is 18.7 Å². The van der Waals surface area contributed by atoms with Crippen LogP contribution in [0.2, 0.25) is 0 Å². The summed E-state index contributed by atoms with van der Waals surface area (Å²) in [6.07, 6.45) is 1.10. The molecule has 2 amide bonds. The second kappa shape index (κ2) is 9.58. The molecule has 1 saturated heterocycles. The van der Waals surface area contributed by atoms with Gasteiger partial charge >= 0.3 is 0 Å². The zero-order chi connectivity index (χ0) is 18.2. The van der Waals surface area contributed by atoms with Gasteiger partial charge in [0.05, 0.1) is 25.1 Å². The lowest BCUT2D eigenvalue weighted by Crippen LogP contribution is -2.56. The molecule has 140 valence electrons. The number of nitrogens with one attached hydrogen (secondary N) is 2. The van der Waals surface area contributed by atoms with E-state index in [0.29, 0.717) is 32.8 Å². The van der Waals surface area contributed by atoms with Gasteiger partial charge in [-0.25, -0.2) is 0 Å². The lowest BCUT2D eigenvalue weighted by Gasteiger charge is -2.34. The van der Waals surface area contributed by atoms with Crippen molar-refractivity contribution in [2.75, 3.05) is 26.2 Å². The van der Waals surface area contributed by atoms with Crippen LogP contribution in [0.15, 0.2) is 16.5 Å². The summed E-state index contributed by atoms with van der Waals surface area (Å²) in [6, 6.07) is 3.35. The fourth-order valence-electron chi connectivity index (χ4n) is 2.81. The first-order valence-corrected chi connectivity index (χ1v) is 8.91. The molecule has 2 heterocycles. The molecule has 0 radical (unpaired) electrons. The van der Waals surface area contributed by atoms with Crippen LogP contribution < -0.4 is 10.6 Å². The van der Waals surface area contributed by atoms with Gasteiger partial charge in [0, 0.05) is 26.2 Å². The zero-order valence-electron chi connectivity index (χ0n) is 15.3. The number of carbonyl (C=O) groups excluding carboxylic acids is 2. The van der Waals surface area contributed by atoms with E-state index < -0.39 is 6.04 Å². The molecule has 0 bridgehead atoms. The number of ether oxygens (including phenoxy) is 1. The summed E-state index contributed by atoms with van der Waals surface area (Å²) in [4.78, 5) is 26.4. The molecule has 7 heteroatoms. The van der Waals surface area contributed by atoms with E-state index in [9.17, 15) is 9.59 Å². The molecular formula is C18H29N3O4. The van der Waals surface area contributed by atoms with E-state index >= 15 is 0 Å². The van der Waals surface area contributed by atoms with Gasteiger partial charge in [-0.05, 0) is 39.3 Å². The van der Waals surface area contributed by atoms with Crippen molar-refractivity contribution in [3.63, 3.8) is 0 Å². The highest BCUT2D eigenvalue weighted by atomic mass is 16.5. The Morgan fingerprint density at radius 2 is 2.28 bits per heavy atom. The topological polar surface area (TPSA) is 83.8 Å². The number of hydrogen-bond donors (Lipinski definition) is 2. The quantitative estimate of drug-likeness (QED) is 0.654. The van der Waals surface area contributed by atoms with E-state index in [2.05, 4.69) is 10.6 Å². The van der Waals surface area contributed by atoms with Gasteiger partial charge in [-0.15, -0.1) is 0 Å². The summed E-state index contributed by atoms with van der Waals surface area (Å²) < 4.78 is 11.0. The Hall–Kier alpha value is -1.86. The fourth-order valence-corrected chi connectivity index (χ4v) is 2.81. The van der Waals surface area contributed by atoms with Gasteiger partial charge in [-0.3, -0.25) is 14.5 Å². The lowest BCUT2D eigenvalue weighted by molar-refractivity contribution is -0.134. The molecule has 1 aromatic heterocycles. The molecule has 1 atom stereocenters. The van der Waals surface area contributed by atoms with Crippen molar-refractivity contribution in [2.45, 2.75) is 52.3 Å². The molecule has 0 aliphatic carbocycles. The first-order valence-electron chi connectivity index (χ1n) is 8.91. The third kappa shape index (κ3) is 6.51. The number of rotatable bonds is 9. The van der Waals surface area contributed by atoms with Gasteiger partial charge in [-0.1, -0.05) is 0 Å². The van der Waals surface area contributed by atoms with Crippen LogP contribution in [0.5, 0.6) is 0 Å². The fraction of sp³-hybridized carbons (Fsp3) is 0.667. The van der Waals surface area contributed by atoms with Crippen LogP contribution in [0.1, 0.15) is 38.2 Å². The Bertz CT molecular complexity index is 570. The first kappa shape index (κ1) is 19.5. The molecule has 0 saturated carbocycles.